The van der Waals surface area contributed by atoms with Crippen LogP contribution in [0.25, 0.3) is 0 Å². The van der Waals surface area contributed by atoms with E-state index in [2.05, 4.69) is 55.4 Å². The highest BCUT2D eigenvalue weighted by Crippen LogP contribution is 2.49. The van der Waals surface area contributed by atoms with E-state index in [1.54, 1.807) is 21.3 Å². The Hall–Kier alpha value is 0.154. The molecule has 0 saturated carbocycles. The maximum absolute atomic E-state index is 7.25. The monoisotopic (exact) mass is 464 g/mol. The topological polar surface area (TPSA) is 64.6 Å². The van der Waals surface area contributed by atoms with Gasteiger partial charge in [-0.1, -0.05) is 55.4 Å². The summed E-state index contributed by atoms with van der Waals surface area (Å²) in [7, 11) is -0.425. The molecule has 2 fully saturated rings. The van der Waals surface area contributed by atoms with Gasteiger partial charge in [0, 0.05) is 21.3 Å². The quantitative estimate of drug-likeness (QED) is 0.495. The minimum atomic E-state index is -2.71. The molecule has 178 valence electrons. The van der Waals surface area contributed by atoms with Gasteiger partial charge in [0.2, 0.25) is 0 Å². The first-order chi connectivity index (χ1) is 14.0. The van der Waals surface area contributed by atoms with E-state index in [9.17, 15) is 0 Å². The molecule has 0 bridgehead atoms. The molecule has 2 heterocycles. The van der Waals surface area contributed by atoms with Crippen molar-refractivity contribution in [3.63, 3.8) is 0 Å². The van der Waals surface area contributed by atoms with Gasteiger partial charge < -0.3 is 31.9 Å². The molecule has 0 aromatic heterocycles. The summed E-state index contributed by atoms with van der Waals surface area (Å²) in [5.74, 6) is 0. The summed E-state index contributed by atoms with van der Waals surface area (Å²) in [6.45, 7) is 18.1. The molecule has 30 heavy (non-hydrogen) atoms. The molecule has 2 rings (SSSR count). The lowest BCUT2D eigenvalue weighted by Crippen LogP contribution is -2.64. The lowest BCUT2D eigenvalue weighted by atomic mass is 9.99. The average Bonchev–Trinajstić information content (AvgIpc) is 2.84. The summed E-state index contributed by atoms with van der Waals surface area (Å²) >= 11 is 0. The number of rotatable bonds is 8. The van der Waals surface area contributed by atoms with Crippen LogP contribution in [0.3, 0.4) is 0 Å². The van der Waals surface area contributed by atoms with E-state index in [1.807, 2.05) is 0 Å². The molecule has 0 N–H and O–H groups in total. The van der Waals surface area contributed by atoms with Gasteiger partial charge in [-0.25, -0.2) is 0 Å². The zero-order chi connectivity index (χ0) is 22.9. The van der Waals surface area contributed by atoms with E-state index in [-0.39, 0.29) is 40.5 Å². The minimum Gasteiger partial charge on any atom is -0.414 e. The molecule has 0 radical (unpaired) electrons. The Labute approximate surface area is 185 Å². The summed E-state index contributed by atoms with van der Waals surface area (Å²) in [6.07, 6.45) is -1.99. The maximum Gasteiger partial charge on any atom is 0.335 e. The fraction of sp³-hybridized carbons (Fsp3) is 1.00. The first-order valence-corrected chi connectivity index (χ1v) is 15.2. The predicted molar refractivity (Wildman–Crippen MR) is 121 cm³/mol. The van der Waals surface area contributed by atoms with Crippen molar-refractivity contribution >= 4 is 17.1 Å². The summed E-state index contributed by atoms with van der Waals surface area (Å²) in [5, 5.41) is 0. The van der Waals surface area contributed by atoms with E-state index >= 15 is 0 Å². The lowest BCUT2D eigenvalue weighted by molar-refractivity contribution is -0.293. The van der Waals surface area contributed by atoms with Crippen molar-refractivity contribution in [2.75, 3.05) is 27.9 Å². The number of methoxy groups -OCH3 is 3. The largest absolute Gasteiger partial charge is 0.414 e. The van der Waals surface area contributed by atoms with Crippen molar-refractivity contribution < 1.29 is 31.9 Å². The van der Waals surface area contributed by atoms with Gasteiger partial charge in [-0.05, 0) is 22.2 Å². The van der Waals surface area contributed by atoms with E-state index < -0.39 is 29.5 Å². The van der Waals surface area contributed by atoms with Gasteiger partial charge in [-0.3, -0.25) is 0 Å². The summed E-state index contributed by atoms with van der Waals surface area (Å²) < 4.78 is 44.7. The highest BCUT2D eigenvalue weighted by atomic mass is 28.5. The molecule has 0 aromatic rings. The molecule has 2 aliphatic heterocycles. The van der Waals surface area contributed by atoms with Crippen LogP contribution in [-0.2, 0) is 31.9 Å². The van der Waals surface area contributed by atoms with Gasteiger partial charge in [0.25, 0.3) is 0 Å². The molecule has 5 atom stereocenters. The van der Waals surface area contributed by atoms with Crippen molar-refractivity contribution in [1.29, 1.82) is 0 Å². The molecule has 2 saturated heterocycles. The van der Waals surface area contributed by atoms with E-state index in [4.69, 9.17) is 31.9 Å². The van der Waals surface area contributed by atoms with E-state index in [1.165, 1.54) is 0 Å². The van der Waals surface area contributed by atoms with Crippen molar-refractivity contribution in [3.05, 3.63) is 0 Å². The second-order valence-electron chi connectivity index (χ2n) is 9.76. The highest BCUT2D eigenvalue weighted by Gasteiger charge is 2.64. The summed E-state index contributed by atoms with van der Waals surface area (Å²) in [6, 6.07) is 0. The fourth-order valence-electron chi connectivity index (χ4n) is 4.96. The third-order valence-corrected chi connectivity index (χ3v) is 16.9. The van der Waals surface area contributed by atoms with Crippen LogP contribution in [-0.4, -0.2) is 75.8 Å². The van der Waals surface area contributed by atoms with Crippen LogP contribution in [0.1, 0.15) is 55.4 Å². The van der Waals surface area contributed by atoms with Crippen molar-refractivity contribution in [2.45, 2.75) is 108 Å². The van der Waals surface area contributed by atoms with Crippen LogP contribution < -0.4 is 0 Å². The molecular formula is C21H44O7Si2. The first-order valence-electron chi connectivity index (χ1n) is 11.3. The summed E-state index contributed by atoms with van der Waals surface area (Å²) in [4.78, 5) is 0. The number of hydrogen-bond donors (Lipinski definition) is 0. The van der Waals surface area contributed by atoms with Crippen LogP contribution in [0, 0.1) is 0 Å². The fourth-order valence-corrected chi connectivity index (χ4v) is 16.3. The number of ether oxygens (including phenoxy) is 4. The third-order valence-electron chi connectivity index (χ3n) is 6.61. The Morgan fingerprint density at radius 1 is 0.700 bits per heavy atom. The number of fused-ring (bicyclic) bond motifs is 1. The molecule has 0 aromatic carbocycles. The van der Waals surface area contributed by atoms with Crippen molar-refractivity contribution in [2.24, 2.45) is 0 Å². The zero-order valence-electron chi connectivity index (χ0n) is 20.8. The van der Waals surface area contributed by atoms with Crippen LogP contribution in [0.15, 0.2) is 0 Å². The van der Waals surface area contributed by atoms with Gasteiger partial charge in [-0.15, -0.1) is 0 Å². The van der Waals surface area contributed by atoms with E-state index in [0.717, 1.165) is 0 Å². The first kappa shape index (κ1) is 26.4. The average molecular weight is 465 g/mol. The van der Waals surface area contributed by atoms with Gasteiger partial charge in [0.15, 0.2) is 6.29 Å². The maximum atomic E-state index is 7.25. The van der Waals surface area contributed by atoms with Crippen molar-refractivity contribution in [1.82, 2.24) is 0 Å². The molecule has 0 spiro atoms. The molecule has 0 amide bonds. The smallest absolute Gasteiger partial charge is 0.335 e. The van der Waals surface area contributed by atoms with Gasteiger partial charge >= 0.3 is 17.1 Å². The Morgan fingerprint density at radius 3 is 1.53 bits per heavy atom. The SMILES string of the molecule is COCC1OC(OC)C(OC)C2O[Si](C(C)C)(C(C)C)O[Si](C(C)C)(C(C)C)OC12. The predicted octanol–water partition coefficient (Wildman–Crippen LogP) is 4.34. The second kappa shape index (κ2) is 10.4. The van der Waals surface area contributed by atoms with Gasteiger partial charge in [0.1, 0.15) is 24.4 Å². The Bertz CT molecular complexity index is 527. The Morgan fingerprint density at radius 2 is 1.17 bits per heavy atom. The Balaban J connectivity index is 2.69. The number of hydrogen-bond acceptors (Lipinski definition) is 7. The van der Waals surface area contributed by atoms with E-state index in [0.29, 0.717) is 6.61 Å². The molecule has 2 aliphatic rings. The Kier molecular flexibility index (Phi) is 9.15. The van der Waals surface area contributed by atoms with Crippen LogP contribution >= 0.6 is 0 Å². The van der Waals surface area contributed by atoms with Crippen LogP contribution in [0.5, 0.6) is 0 Å². The highest BCUT2D eigenvalue weighted by molar-refractivity contribution is 6.84. The summed E-state index contributed by atoms with van der Waals surface area (Å²) in [5.41, 5.74) is 1.03. The third kappa shape index (κ3) is 4.60. The second-order valence-corrected chi connectivity index (χ2v) is 18.6. The zero-order valence-corrected chi connectivity index (χ0v) is 22.8. The minimum absolute atomic E-state index is 0.256. The molecule has 9 heteroatoms. The molecular weight excluding hydrogens is 420 g/mol. The normalized spacial score (nSPS) is 33.9. The standard InChI is InChI=1S/C21H44O7Si2/c1-13(2)29(14(3)4)26-18-17(12-22-9)25-21(24-11)20(23-10)19(18)27-30(28-29,15(5)6)16(7)8/h13-21H,12H2,1-11H3. The van der Waals surface area contributed by atoms with Gasteiger partial charge in [-0.2, -0.15) is 0 Å². The molecule has 5 unspecified atom stereocenters. The lowest BCUT2D eigenvalue weighted by Gasteiger charge is -2.47. The molecule has 0 aliphatic carbocycles. The van der Waals surface area contributed by atoms with Crippen LogP contribution in [0.2, 0.25) is 22.2 Å². The molecule has 7 nitrogen and oxygen atoms in total. The van der Waals surface area contributed by atoms with Gasteiger partial charge in [0.05, 0.1) is 6.61 Å². The van der Waals surface area contributed by atoms with Crippen LogP contribution in [0.4, 0.5) is 0 Å². The van der Waals surface area contributed by atoms with Crippen molar-refractivity contribution in [3.8, 4) is 0 Å².